The summed E-state index contributed by atoms with van der Waals surface area (Å²) in [5.74, 6) is -1.22. The van der Waals surface area contributed by atoms with E-state index < -0.39 is 39.9 Å². The van der Waals surface area contributed by atoms with Crippen LogP contribution in [0.3, 0.4) is 0 Å². The van der Waals surface area contributed by atoms with E-state index in [9.17, 15) is 22.8 Å². The van der Waals surface area contributed by atoms with Crippen molar-refractivity contribution in [2.45, 2.75) is 45.1 Å². The molecule has 168 valence electrons. The van der Waals surface area contributed by atoms with Crippen LogP contribution in [0.15, 0.2) is 12.2 Å². The van der Waals surface area contributed by atoms with Crippen LogP contribution in [0.1, 0.15) is 39.0 Å². The lowest BCUT2D eigenvalue weighted by Gasteiger charge is -2.30. The summed E-state index contributed by atoms with van der Waals surface area (Å²) in [6.07, 6.45) is 8.93. The zero-order chi connectivity index (χ0) is 22.3. The van der Waals surface area contributed by atoms with Gasteiger partial charge in [0.2, 0.25) is 0 Å². The Hall–Kier alpha value is -1.78. The molecule has 0 N–H and O–H groups in total. The Morgan fingerprint density at radius 3 is 2.40 bits per heavy atom. The van der Waals surface area contributed by atoms with Crippen LogP contribution in [-0.4, -0.2) is 57.8 Å². The van der Waals surface area contributed by atoms with Gasteiger partial charge in [0, 0.05) is 7.11 Å². The highest BCUT2D eigenvalue weighted by Gasteiger charge is 2.54. The van der Waals surface area contributed by atoms with Crippen molar-refractivity contribution in [1.29, 1.82) is 0 Å². The first kappa shape index (κ1) is 22.9. The summed E-state index contributed by atoms with van der Waals surface area (Å²) in [6, 6.07) is 0. The number of rotatable bonds is 4. The molecule has 6 unspecified atom stereocenters. The maximum Gasteiger partial charge on any atom is 0.311 e. The smallest absolute Gasteiger partial charge is 0.311 e. The molecular formula is C20H29NO8S. The van der Waals surface area contributed by atoms with Crippen molar-refractivity contribution in [2.75, 3.05) is 20.5 Å². The fourth-order valence-electron chi connectivity index (χ4n) is 5.34. The number of carbonyl (C=O) groups excluding carboxylic acids is 3. The minimum absolute atomic E-state index is 0.00898. The quantitative estimate of drug-likeness (QED) is 0.364. The van der Waals surface area contributed by atoms with E-state index in [1.165, 1.54) is 33.5 Å². The number of fused-ring (bicyclic) bond motifs is 3. The van der Waals surface area contributed by atoms with Gasteiger partial charge < -0.3 is 9.47 Å². The molecule has 9 nitrogen and oxygen atoms in total. The Morgan fingerprint density at radius 2 is 1.90 bits per heavy atom. The third-order valence-corrected chi connectivity index (χ3v) is 7.21. The first-order valence-corrected chi connectivity index (χ1v) is 11.9. The lowest BCUT2D eigenvalue weighted by molar-refractivity contribution is -0.166. The van der Waals surface area contributed by atoms with Gasteiger partial charge >= 0.3 is 5.97 Å². The lowest BCUT2D eigenvalue weighted by atomic mass is 9.75. The molecule has 2 saturated carbocycles. The van der Waals surface area contributed by atoms with Crippen LogP contribution < -0.4 is 0 Å². The Bertz CT molecular complexity index is 853. The predicted molar refractivity (Wildman–Crippen MR) is 105 cm³/mol. The van der Waals surface area contributed by atoms with E-state index in [1.54, 1.807) is 12.2 Å². The zero-order valence-electron chi connectivity index (χ0n) is 17.7. The number of amides is 2. The van der Waals surface area contributed by atoms with Crippen LogP contribution in [0, 0.1) is 29.1 Å². The van der Waals surface area contributed by atoms with Gasteiger partial charge in [-0.25, -0.2) is 0 Å². The molecule has 3 fully saturated rings. The summed E-state index contributed by atoms with van der Waals surface area (Å²) in [7, 11) is -0.992. The molecule has 4 aliphatic rings. The van der Waals surface area contributed by atoms with Gasteiger partial charge in [0.15, 0.2) is 0 Å². The minimum Gasteiger partial charge on any atom is -0.469 e. The molecule has 1 aliphatic heterocycles. The average molecular weight is 444 g/mol. The van der Waals surface area contributed by atoms with Gasteiger partial charge in [-0.15, -0.1) is 9.35 Å². The standard InChI is InChI=1S/C10H13NO6S.C10H16O2/c1-16-7-5-3-4-6-8(7)10(13)11(9(6)12)17-18(2,14)15;1-10(9(11)12-2)6-7-3-4-8(10)5-7/h3,5-8H,4H2,1-2H3;7-8H,3-6H2,1-2H3. The molecule has 0 radical (unpaired) electrons. The number of allylic oxidation sites excluding steroid dienone is 1. The molecular weight excluding hydrogens is 414 g/mol. The summed E-state index contributed by atoms with van der Waals surface area (Å²) in [5, 5.41) is 0.337. The predicted octanol–water partition coefficient (Wildman–Crippen LogP) is 1.44. The number of methoxy groups -OCH3 is 2. The largest absolute Gasteiger partial charge is 0.469 e. The van der Waals surface area contributed by atoms with E-state index in [1.807, 2.05) is 0 Å². The summed E-state index contributed by atoms with van der Waals surface area (Å²) in [4.78, 5) is 35.4. The second-order valence-corrected chi connectivity index (χ2v) is 10.3. The van der Waals surface area contributed by atoms with E-state index in [0.717, 1.165) is 18.6 Å². The number of ether oxygens (including phenoxy) is 2. The minimum atomic E-state index is -3.92. The summed E-state index contributed by atoms with van der Waals surface area (Å²) < 4.78 is 36.4. The molecule has 30 heavy (non-hydrogen) atoms. The molecule has 2 bridgehead atoms. The van der Waals surface area contributed by atoms with Crippen LogP contribution in [0.2, 0.25) is 0 Å². The van der Waals surface area contributed by atoms with Crippen LogP contribution in [0.25, 0.3) is 0 Å². The number of hydrogen-bond acceptors (Lipinski definition) is 8. The van der Waals surface area contributed by atoms with Crippen molar-refractivity contribution < 1.29 is 36.6 Å². The van der Waals surface area contributed by atoms with Crippen LogP contribution in [-0.2, 0) is 38.3 Å². The van der Waals surface area contributed by atoms with E-state index in [0.29, 0.717) is 17.4 Å². The monoisotopic (exact) mass is 443 g/mol. The topological polar surface area (TPSA) is 116 Å². The molecule has 10 heteroatoms. The molecule has 0 spiro atoms. The summed E-state index contributed by atoms with van der Waals surface area (Å²) in [6.45, 7) is 2.07. The highest BCUT2D eigenvalue weighted by Crippen LogP contribution is 2.56. The van der Waals surface area contributed by atoms with Gasteiger partial charge in [0.1, 0.15) is 0 Å². The van der Waals surface area contributed by atoms with E-state index >= 15 is 0 Å². The third-order valence-electron chi connectivity index (χ3n) is 6.79. The van der Waals surface area contributed by atoms with Gasteiger partial charge in [-0.3, -0.25) is 14.4 Å². The lowest BCUT2D eigenvalue weighted by Crippen LogP contribution is -2.36. The Kier molecular flexibility index (Phi) is 6.41. The Morgan fingerprint density at radius 1 is 1.20 bits per heavy atom. The van der Waals surface area contributed by atoms with Crippen LogP contribution >= 0.6 is 0 Å². The molecule has 0 aromatic heterocycles. The maximum absolute atomic E-state index is 12.0. The summed E-state index contributed by atoms with van der Waals surface area (Å²) in [5.41, 5.74) is -0.141. The SMILES string of the molecule is COC(=O)C1(C)CC2CCC1C2.COC1C=CCC2C(=O)N(OS(C)(=O)=O)C(=O)C12. The highest BCUT2D eigenvalue weighted by molar-refractivity contribution is 7.85. The zero-order valence-corrected chi connectivity index (χ0v) is 18.5. The Balaban J connectivity index is 0.000000184. The van der Waals surface area contributed by atoms with Crippen molar-refractivity contribution in [2.24, 2.45) is 29.1 Å². The fourth-order valence-corrected chi connectivity index (χ4v) is 5.76. The number of esters is 1. The fraction of sp³-hybridized carbons (Fsp3) is 0.750. The number of imide groups is 1. The molecule has 1 saturated heterocycles. The van der Waals surface area contributed by atoms with E-state index in [-0.39, 0.29) is 11.4 Å². The number of hydrogen-bond donors (Lipinski definition) is 0. The van der Waals surface area contributed by atoms with Gasteiger partial charge in [-0.05, 0) is 44.4 Å². The van der Waals surface area contributed by atoms with Crippen LogP contribution in [0.5, 0.6) is 0 Å². The normalized spacial score (nSPS) is 37.1. The molecule has 0 aromatic rings. The van der Waals surface area contributed by atoms with E-state index in [4.69, 9.17) is 9.47 Å². The number of nitrogens with zero attached hydrogens (tertiary/aromatic N) is 1. The number of carbonyl (C=O) groups is 3. The molecule has 2 amide bonds. The Labute approximate surface area is 176 Å². The van der Waals surface area contributed by atoms with Crippen LogP contribution in [0.4, 0.5) is 0 Å². The van der Waals surface area contributed by atoms with Gasteiger partial charge in [0.05, 0.1) is 36.7 Å². The van der Waals surface area contributed by atoms with Crippen molar-refractivity contribution in [3.05, 3.63) is 12.2 Å². The second-order valence-electron chi connectivity index (χ2n) is 8.74. The van der Waals surface area contributed by atoms with Gasteiger partial charge in [0.25, 0.3) is 21.9 Å². The first-order chi connectivity index (χ1) is 14.0. The van der Waals surface area contributed by atoms with Gasteiger partial charge in [-0.1, -0.05) is 18.6 Å². The first-order valence-electron chi connectivity index (χ1n) is 10.1. The molecule has 1 heterocycles. The summed E-state index contributed by atoms with van der Waals surface area (Å²) >= 11 is 0. The molecule has 6 atom stereocenters. The molecule has 0 aromatic carbocycles. The van der Waals surface area contributed by atoms with Crippen molar-refractivity contribution in [3.63, 3.8) is 0 Å². The molecule has 3 aliphatic carbocycles. The highest BCUT2D eigenvalue weighted by atomic mass is 32.2. The van der Waals surface area contributed by atoms with E-state index in [2.05, 4.69) is 11.2 Å². The maximum atomic E-state index is 12.0. The second kappa shape index (κ2) is 8.39. The number of hydroxylamine groups is 2. The van der Waals surface area contributed by atoms with Crippen molar-refractivity contribution >= 4 is 27.9 Å². The third kappa shape index (κ3) is 4.17. The van der Waals surface area contributed by atoms with Crippen molar-refractivity contribution in [1.82, 2.24) is 5.06 Å². The average Bonchev–Trinajstić information content (AvgIpc) is 3.36. The van der Waals surface area contributed by atoms with Gasteiger partial charge in [-0.2, -0.15) is 8.42 Å². The molecule has 4 rings (SSSR count). The van der Waals surface area contributed by atoms with Crippen molar-refractivity contribution in [3.8, 4) is 0 Å².